The first-order chi connectivity index (χ1) is 24.9. The first-order valence-corrected chi connectivity index (χ1v) is 19.2. The van der Waals surface area contributed by atoms with Gasteiger partial charge in [-0.25, -0.2) is 0 Å². The second kappa shape index (κ2) is 12.7. The SMILES string of the molecule is OC1(c2cccc(-c3ccc(-c4ccccc4)s3)c2)c2ccccc2C(O)(c2cccc(-c3ccc(-c4ccccc4)s3)c2)c2cc(Br)ccc21. The number of thiophene rings is 2. The number of hydrogen-bond acceptors (Lipinski definition) is 4. The number of aliphatic hydroxyl groups is 2. The molecule has 6 aromatic carbocycles. The van der Waals surface area contributed by atoms with E-state index in [1.165, 1.54) is 20.9 Å². The van der Waals surface area contributed by atoms with Gasteiger partial charge in [0.2, 0.25) is 0 Å². The number of benzene rings is 6. The molecule has 0 aliphatic heterocycles. The summed E-state index contributed by atoms with van der Waals surface area (Å²) in [5.74, 6) is 0. The maximum absolute atomic E-state index is 13.2. The minimum atomic E-state index is -1.53. The summed E-state index contributed by atoms with van der Waals surface area (Å²) < 4.78 is 0.823. The zero-order valence-corrected chi connectivity index (χ0v) is 30.6. The molecule has 2 atom stereocenters. The molecule has 1 aliphatic carbocycles. The molecule has 0 fully saturated rings. The van der Waals surface area contributed by atoms with Crippen molar-refractivity contribution in [2.24, 2.45) is 0 Å². The quantitative estimate of drug-likeness (QED) is 0.177. The van der Waals surface area contributed by atoms with Gasteiger partial charge < -0.3 is 10.2 Å². The molecule has 2 nitrogen and oxygen atoms in total. The molecule has 2 heterocycles. The monoisotopic (exact) mass is 758 g/mol. The van der Waals surface area contributed by atoms with Gasteiger partial charge in [0.15, 0.2) is 0 Å². The Bertz CT molecular complexity index is 2540. The highest BCUT2D eigenvalue weighted by Gasteiger charge is 2.51. The van der Waals surface area contributed by atoms with E-state index in [0.29, 0.717) is 22.3 Å². The van der Waals surface area contributed by atoms with Gasteiger partial charge in [-0.1, -0.05) is 143 Å². The molecule has 5 heteroatoms. The highest BCUT2D eigenvalue weighted by atomic mass is 79.9. The third-order valence-corrected chi connectivity index (χ3v) is 12.8. The van der Waals surface area contributed by atoms with Gasteiger partial charge in [0.05, 0.1) is 0 Å². The lowest BCUT2D eigenvalue weighted by Crippen LogP contribution is -2.44. The van der Waals surface area contributed by atoms with E-state index < -0.39 is 11.2 Å². The van der Waals surface area contributed by atoms with Gasteiger partial charge in [0.1, 0.15) is 11.2 Å². The minimum absolute atomic E-state index is 0.638. The van der Waals surface area contributed by atoms with E-state index in [1.807, 2.05) is 78.9 Å². The molecule has 2 aromatic heterocycles. The molecule has 1 aliphatic rings. The Labute approximate surface area is 313 Å². The first kappa shape index (κ1) is 32.1. The molecule has 0 bridgehead atoms. The second-order valence-electron chi connectivity index (χ2n) is 12.9. The van der Waals surface area contributed by atoms with Crippen LogP contribution < -0.4 is 0 Å². The summed E-state index contributed by atoms with van der Waals surface area (Å²) in [6.45, 7) is 0. The van der Waals surface area contributed by atoms with Gasteiger partial charge in [0, 0.05) is 29.5 Å². The zero-order chi connectivity index (χ0) is 34.6. The molecule has 0 saturated carbocycles. The van der Waals surface area contributed by atoms with Gasteiger partial charge in [-0.3, -0.25) is 0 Å². The maximum atomic E-state index is 13.2. The van der Waals surface area contributed by atoms with E-state index >= 15 is 0 Å². The van der Waals surface area contributed by atoms with Crippen LogP contribution in [0.2, 0.25) is 0 Å². The Balaban J connectivity index is 1.18. The third-order valence-electron chi connectivity index (χ3n) is 9.93. The van der Waals surface area contributed by atoms with Crippen LogP contribution >= 0.6 is 38.6 Å². The third kappa shape index (κ3) is 5.36. The Hall–Kier alpha value is -4.88. The fraction of sp³-hybridized carbons (Fsp3) is 0.0435. The largest absolute Gasteiger partial charge is 0.376 e. The lowest BCUT2D eigenvalue weighted by atomic mass is 9.63. The molecule has 2 unspecified atom stereocenters. The molecule has 0 saturated heterocycles. The molecule has 0 spiro atoms. The fourth-order valence-electron chi connectivity index (χ4n) is 7.45. The van der Waals surface area contributed by atoms with E-state index in [0.717, 1.165) is 36.5 Å². The zero-order valence-electron chi connectivity index (χ0n) is 27.3. The van der Waals surface area contributed by atoms with Gasteiger partial charge in [-0.15, -0.1) is 22.7 Å². The second-order valence-corrected chi connectivity index (χ2v) is 16.0. The topological polar surface area (TPSA) is 40.5 Å². The predicted octanol–water partition coefficient (Wildman–Crippen LogP) is 12.1. The van der Waals surface area contributed by atoms with Crippen LogP contribution in [0.1, 0.15) is 33.4 Å². The number of fused-ring (bicyclic) bond motifs is 2. The molecular formula is C46H31BrO2S2. The molecule has 9 rings (SSSR count). The standard InChI is InChI=1S/C46H31BrO2S2/c47-36-21-22-39-40(29-36)46(49,35-18-10-16-33(28-35)44-26-24-42(51-44)31-13-5-2-6-14-31)38-20-8-7-19-37(38)45(39,48)34-17-9-15-32(27-34)43-25-23-41(50-43)30-11-3-1-4-12-30/h1-29,48-49H. The van der Waals surface area contributed by atoms with Crippen LogP contribution in [0.4, 0.5) is 0 Å². The van der Waals surface area contributed by atoms with E-state index in [2.05, 4.69) is 113 Å². The van der Waals surface area contributed by atoms with Crippen LogP contribution in [-0.2, 0) is 11.2 Å². The highest BCUT2D eigenvalue weighted by molar-refractivity contribution is 9.10. The summed E-state index contributed by atoms with van der Waals surface area (Å²) in [6, 6.07) is 59.4. The van der Waals surface area contributed by atoms with Crippen LogP contribution in [0.25, 0.3) is 41.8 Å². The fourth-order valence-corrected chi connectivity index (χ4v) is 9.83. The lowest BCUT2D eigenvalue weighted by Gasteiger charge is -2.45. The lowest BCUT2D eigenvalue weighted by molar-refractivity contribution is 0.0748. The van der Waals surface area contributed by atoms with E-state index in [9.17, 15) is 10.2 Å². The number of hydrogen-bond donors (Lipinski definition) is 2. The maximum Gasteiger partial charge on any atom is 0.141 e. The molecule has 8 aromatic rings. The Morgan fingerprint density at radius 2 is 0.745 bits per heavy atom. The average Bonchev–Trinajstić information content (AvgIpc) is 3.90. The van der Waals surface area contributed by atoms with Gasteiger partial charge >= 0.3 is 0 Å². The van der Waals surface area contributed by atoms with Crippen LogP contribution in [0.5, 0.6) is 0 Å². The Kier molecular flexibility index (Phi) is 7.99. The van der Waals surface area contributed by atoms with Gasteiger partial charge in [-0.05, 0) is 98.6 Å². The predicted molar refractivity (Wildman–Crippen MR) is 215 cm³/mol. The van der Waals surface area contributed by atoms with Crippen LogP contribution in [0.15, 0.2) is 180 Å². The molecule has 51 heavy (non-hydrogen) atoms. The normalized spacial score (nSPS) is 17.9. The van der Waals surface area contributed by atoms with E-state index in [-0.39, 0.29) is 0 Å². The Morgan fingerprint density at radius 1 is 0.353 bits per heavy atom. The number of halogens is 1. The summed E-state index contributed by atoms with van der Waals surface area (Å²) >= 11 is 7.17. The summed E-state index contributed by atoms with van der Waals surface area (Å²) in [6.07, 6.45) is 0. The van der Waals surface area contributed by atoms with Crippen molar-refractivity contribution in [3.63, 3.8) is 0 Å². The summed E-state index contributed by atoms with van der Waals surface area (Å²) in [5.41, 5.74) is 5.45. The van der Waals surface area contributed by atoms with Crippen LogP contribution in [-0.4, -0.2) is 10.2 Å². The van der Waals surface area contributed by atoms with Crippen molar-refractivity contribution in [3.05, 3.63) is 214 Å². The molecule has 0 amide bonds. The summed E-state index contributed by atoms with van der Waals surface area (Å²) in [7, 11) is 0. The van der Waals surface area contributed by atoms with Crippen molar-refractivity contribution in [2.45, 2.75) is 11.2 Å². The minimum Gasteiger partial charge on any atom is -0.376 e. The van der Waals surface area contributed by atoms with E-state index in [1.54, 1.807) is 22.7 Å². The summed E-state index contributed by atoms with van der Waals surface area (Å²) in [4.78, 5) is 4.63. The van der Waals surface area contributed by atoms with Crippen molar-refractivity contribution in [3.8, 4) is 41.8 Å². The van der Waals surface area contributed by atoms with Gasteiger partial charge in [0.25, 0.3) is 0 Å². The smallest absolute Gasteiger partial charge is 0.141 e. The van der Waals surface area contributed by atoms with Crippen molar-refractivity contribution in [2.75, 3.05) is 0 Å². The van der Waals surface area contributed by atoms with E-state index in [4.69, 9.17) is 0 Å². The Morgan fingerprint density at radius 3 is 1.24 bits per heavy atom. The molecular weight excluding hydrogens is 729 g/mol. The van der Waals surface area contributed by atoms with Crippen molar-refractivity contribution >= 4 is 38.6 Å². The molecule has 0 radical (unpaired) electrons. The first-order valence-electron chi connectivity index (χ1n) is 16.8. The van der Waals surface area contributed by atoms with Crippen LogP contribution in [0.3, 0.4) is 0 Å². The van der Waals surface area contributed by atoms with Crippen molar-refractivity contribution in [1.82, 2.24) is 0 Å². The highest BCUT2D eigenvalue weighted by Crippen LogP contribution is 2.54. The summed E-state index contributed by atoms with van der Waals surface area (Å²) in [5, 5.41) is 26.4. The van der Waals surface area contributed by atoms with Gasteiger partial charge in [-0.2, -0.15) is 0 Å². The van der Waals surface area contributed by atoms with Crippen LogP contribution in [0, 0.1) is 0 Å². The van der Waals surface area contributed by atoms with Crippen molar-refractivity contribution < 1.29 is 10.2 Å². The van der Waals surface area contributed by atoms with Crippen molar-refractivity contribution in [1.29, 1.82) is 0 Å². The average molecular weight is 760 g/mol. The molecule has 2 N–H and O–H groups in total. The molecule has 246 valence electrons. The number of rotatable bonds is 6.